The quantitative estimate of drug-likeness (QED) is 0.603. The predicted molar refractivity (Wildman–Crippen MR) is 76.0 cm³/mol. The highest BCUT2D eigenvalue weighted by molar-refractivity contribution is 5.00. The average molecular weight is 236 g/mol. The Morgan fingerprint density at radius 3 is 2.12 bits per heavy atom. The molecule has 0 saturated heterocycles. The normalized spacial score (nSPS) is 45.9. The van der Waals surface area contributed by atoms with Gasteiger partial charge in [-0.2, -0.15) is 0 Å². The molecule has 17 heavy (non-hydrogen) atoms. The predicted octanol–water partition coefficient (Wildman–Crippen LogP) is 5.52. The van der Waals surface area contributed by atoms with Gasteiger partial charge >= 0.3 is 0 Å². The van der Waals surface area contributed by atoms with E-state index in [1.807, 2.05) is 0 Å². The summed E-state index contributed by atoms with van der Waals surface area (Å²) in [5.74, 6) is 3.95. The molecule has 3 atom stereocenters. The van der Waals surface area contributed by atoms with Gasteiger partial charge in [0, 0.05) is 0 Å². The Morgan fingerprint density at radius 2 is 1.71 bits per heavy atom. The van der Waals surface area contributed by atoms with Crippen molar-refractivity contribution in [3.05, 3.63) is 0 Å². The van der Waals surface area contributed by atoms with Crippen molar-refractivity contribution in [2.75, 3.05) is 0 Å². The molecule has 0 aliphatic heterocycles. The third-order valence-corrected chi connectivity index (χ3v) is 6.21. The SMILES string of the molecule is CCC(C)C1CC(C)(CC2C(C)CC2(C)C)C1. The van der Waals surface area contributed by atoms with Crippen LogP contribution in [0.4, 0.5) is 0 Å². The van der Waals surface area contributed by atoms with Gasteiger partial charge in [0.1, 0.15) is 0 Å². The first-order valence-electron chi connectivity index (χ1n) is 7.77. The summed E-state index contributed by atoms with van der Waals surface area (Å²) in [6.07, 6.45) is 7.31. The van der Waals surface area contributed by atoms with Gasteiger partial charge in [-0.1, -0.05) is 48.0 Å². The molecule has 2 saturated carbocycles. The van der Waals surface area contributed by atoms with E-state index in [4.69, 9.17) is 0 Å². The smallest absolute Gasteiger partial charge is 0.0317 e. The van der Waals surface area contributed by atoms with Crippen molar-refractivity contribution >= 4 is 0 Å². The molecule has 0 aromatic rings. The van der Waals surface area contributed by atoms with E-state index in [0.29, 0.717) is 10.8 Å². The van der Waals surface area contributed by atoms with E-state index in [-0.39, 0.29) is 0 Å². The van der Waals surface area contributed by atoms with E-state index in [2.05, 4.69) is 41.5 Å². The van der Waals surface area contributed by atoms with Crippen LogP contribution in [0.2, 0.25) is 0 Å². The fraction of sp³-hybridized carbons (Fsp3) is 1.00. The van der Waals surface area contributed by atoms with Gasteiger partial charge in [-0.3, -0.25) is 0 Å². The second-order valence-corrected chi connectivity index (χ2v) is 8.35. The van der Waals surface area contributed by atoms with Crippen LogP contribution >= 0.6 is 0 Å². The fourth-order valence-corrected chi connectivity index (χ4v) is 4.85. The summed E-state index contributed by atoms with van der Waals surface area (Å²) >= 11 is 0. The maximum Gasteiger partial charge on any atom is -0.0317 e. The highest BCUT2D eigenvalue weighted by Crippen LogP contribution is 2.60. The van der Waals surface area contributed by atoms with Crippen molar-refractivity contribution in [3.63, 3.8) is 0 Å². The van der Waals surface area contributed by atoms with Crippen LogP contribution in [-0.2, 0) is 0 Å². The van der Waals surface area contributed by atoms with Crippen molar-refractivity contribution in [1.29, 1.82) is 0 Å². The molecule has 0 N–H and O–H groups in total. The molecule has 100 valence electrons. The Labute approximate surface area is 109 Å². The van der Waals surface area contributed by atoms with E-state index in [0.717, 1.165) is 23.7 Å². The summed E-state index contributed by atoms with van der Waals surface area (Å²) in [7, 11) is 0. The third-order valence-electron chi connectivity index (χ3n) is 6.21. The fourth-order valence-electron chi connectivity index (χ4n) is 4.85. The minimum Gasteiger partial charge on any atom is -0.0651 e. The van der Waals surface area contributed by atoms with Gasteiger partial charge in [0.2, 0.25) is 0 Å². The van der Waals surface area contributed by atoms with E-state index in [1.54, 1.807) is 0 Å². The first-order chi connectivity index (χ1) is 7.77. The maximum atomic E-state index is 2.55. The minimum absolute atomic E-state index is 0.629. The maximum absolute atomic E-state index is 2.55. The lowest BCUT2D eigenvalue weighted by Gasteiger charge is -2.57. The molecule has 0 nitrogen and oxygen atoms in total. The Bertz CT molecular complexity index is 270. The Kier molecular flexibility index (Phi) is 3.38. The average Bonchev–Trinajstić information content (AvgIpc) is 2.20. The molecule has 3 unspecified atom stereocenters. The highest BCUT2D eigenvalue weighted by Gasteiger charge is 2.50. The Morgan fingerprint density at radius 1 is 1.12 bits per heavy atom. The second-order valence-electron chi connectivity index (χ2n) is 8.35. The second kappa shape index (κ2) is 4.28. The lowest BCUT2D eigenvalue weighted by molar-refractivity contribution is -0.0740. The molecule has 0 amide bonds. The summed E-state index contributed by atoms with van der Waals surface area (Å²) in [6, 6.07) is 0. The summed E-state index contributed by atoms with van der Waals surface area (Å²) in [6.45, 7) is 14.8. The van der Waals surface area contributed by atoms with Crippen LogP contribution in [0.15, 0.2) is 0 Å². The van der Waals surface area contributed by atoms with Gasteiger partial charge < -0.3 is 0 Å². The molecule has 0 bridgehead atoms. The van der Waals surface area contributed by atoms with Crippen LogP contribution < -0.4 is 0 Å². The summed E-state index contributed by atoms with van der Waals surface area (Å²) < 4.78 is 0. The molecule has 2 rings (SSSR count). The summed E-state index contributed by atoms with van der Waals surface area (Å²) in [5, 5.41) is 0. The first-order valence-corrected chi connectivity index (χ1v) is 7.77. The number of hydrogen-bond acceptors (Lipinski definition) is 0. The lowest BCUT2D eigenvalue weighted by Crippen LogP contribution is -2.48. The van der Waals surface area contributed by atoms with Gasteiger partial charge in [0.25, 0.3) is 0 Å². The van der Waals surface area contributed by atoms with Crippen LogP contribution in [0.5, 0.6) is 0 Å². The van der Waals surface area contributed by atoms with Crippen molar-refractivity contribution in [2.24, 2.45) is 34.5 Å². The monoisotopic (exact) mass is 236 g/mol. The molecule has 0 heterocycles. The van der Waals surface area contributed by atoms with E-state index < -0.39 is 0 Å². The Hall–Kier alpha value is 0. The van der Waals surface area contributed by atoms with Crippen LogP contribution in [0.25, 0.3) is 0 Å². The molecule has 2 aliphatic rings. The van der Waals surface area contributed by atoms with Crippen LogP contribution in [0.1, 0.15) is 73.6 Å². The minimum atomic E-state index is 0.629. The molecule has 2 aliphatic carbocycles. The molecular formula is C17H32. The van der Waals surface area contributed by atoms with Gasteiger partial charge in [0.05, 0.1) is 0 Å². The van der Waals surface area contributed by atoms with E-state index in [1.165, 1.54) is 32.1 Å². The molecule has 0 aromatic carbocycles. The topological polar surface area (TPSA) is 0 Å². The first kappa shape index (κ1) is 13.4. The number of rotatable bonds is 4. The third kappa shape index (κ3) is 2.42. The molecule has 0 heteroatoms. The molecule has 2 fully saturated rings. The summed E-state index contributed by atoms with van der Waals surface area (Å²) in [5.41, 5.74) is 1.31. The molecular weight excluding hydrogens is 204 g/mol. The zero-order valence-electron chi connectivity index (χ0n) is 12.8. The van der Waals surface area contributed by atoms with Gasteiger partial charge in [-0.25, -0.2) is 0 Å². The highest BCUT2D eigenvalue weighted by atomic mass is 14.6. The van der Waals surface area contributed by atoms with Crippen molar-refractivity contribution in [3.8, 4) is 0 Å². The van der Waals surface area contributed by atoms with Gasteiger partial charge in [-0.05, 0) is 60.2 Å². The zero-order chi connectivity index (χ0) is 12.8. The Balaban J connectivity index is 1.85. The van der Waals surface area contributed by atoms with E-state index in [9.17, 15) is 0 Å². The molecule has 0 spiro atoms. The van der Waals surface area contributed by atoms with Crippen molar-refractivity contribution in [1.82, 2.24) is 0 Å². The van der Waals surface area contributed by atoms with Crippen LogP contribution in [0, 0.1) is 34.5 Å². The standard InChI is InChI=1S/C17H32/c1-7-12(2)14-9-17(6,10-14)11-15-13(3)8-16(15,4)5/h12-15H,7-11H2,1-6H3. The lowest BCUT2D eigenvalue weighted by atomic mass is 9.48. The molecule has 0 aromatic heterocycles. The van der Waals surface area contributed by atoms with Crippen LogP contribution in [-0.4, -0.2) is 0 Å². The van der Waals surface area contributed by atoms with Crippen molar-refractivity contribution in [2.45, 2.75) is 73.6 Å². The zero-order valence-corrected chi connectivity index (χ0v) is 12.8. The van der Waals surface area contributed by atoms with Gasteiger partial charge in [-0.15, -0.1) is 0 Å². The molecule has 0 radical (unpaired) electrons. The van der Waals surface area contributed by atoms with Crippen LogP contribution in [0.3, 0.4) is 0 Å². The summed E-state index contributed by atoms with van der Waals surface area (Å²) in [4.78, 5) is 0. The largest absolute Gasteiger partial charge is 0.0651 e. The number of hydrogen-bond donors (Lipinski definition) is 0. The van der Waals surface area contributed by atoms with E-state index >= 15 is 0 Å². The van der Waals surface area contributed by atoms with Gasteiger partial charge in [0.15, 0.2) is 0 Å². The van der Waals surface area contributed by atoms with Crippen molar-refractivity contribution < 1.29 is 0 Å².